The first kappa shape index (κ1) is 12.7. The van der Waals surface area contributed by atoms with Gasteiger partial charge in [-0.15, -0.1) is 11.3 Å². The van der Waals surface area contributed by atoms with E-state index in [9.17, 15) is 15.2 Å². The van der Waals surface area contributed by atoms with Crippen LogP contribution in [-0.4, -0.2) is 21.2 Å². The standard InChI is InChI=1S/C10H6BrN3O3S/c11-7-1-6(3-13-9-4-12-5-18-9)10(15)8(2-7)14(16)17/h1-5,15H/b13-3+. The Morgan fingerprint density at radius 3 is 2.94 bits per heavy atom. The first-order valence-electron chi connectivity index (χ1n) is 4.67. The van der Waals surface area contributed by atoms with E-state index in [1.165, 1.54) is 23.6 Å². The molecule has 0 fully saturated rings. The normalized spacial score (nSPS) is 10.9. The summed E-state index contributed by atoms with van der Waals surface area (Å²) >= 11 is 4.47. The fourth-order valence-electron chi connectivity index (χ4n) is 1.25. The summed E-state index contributed by atoms with van der Waals surface area (Å²) < 4.78 is 0.498. The number of phenols is 1. The quantitative estimate of drug-likeness (QED) is 0.532. The average molecular weight is 328 g/mol. The first-order valence-corrected chi connectivity index (χ1v) is 6.34. The Morgan fingerprint density at radius 1 is 1.56 bits per heavy atom. The van der Waals surface area contributed by atoms with Crippen molar-refractivity contribution in [3.63, 3.8) is 0 Å². The van der Waals surface area contributed by atoms with Crippen LogP contribution in [0.25, 0.3) is 0 Å². The Labute approximate surface area is 114 Å². The predicted octanol–water partition coefficient (Wildman–Crippen LogP) is 3.27. The van der Waals surface area contributed by atoms with E-state index in [4.69, 9.17) is 0 Å². The number of benzene rings is 1. The fraction of sp³-hybridized carbons (Fsp3) is 0. The number of aromatic hydroxyl groups is 1. The predicted molar refractivity (Wildman–Crippen MR) is 71.8 cm³/mol. The molecule has 0 aliphatic rings. The third-order valence-corrected chi connectivity index (χ3v) is 3.17. The Hall–Kier alpha value is -1.80. The lowest BCUT2D eigenvalue weighted by molar-refractivity contribution is -0.385. The summed E-state index contributed by atoms with van der Waals surface area (Å²) in [4.78, 5) is 18.0. The minimum atomic E-state index is -0.649. The highest BCUT2D eigenvalue weighted by Crippen LogP contribution is 2.32. The summed E-state index contributed by atoms with van der Waals surface area (Å²) in [5.41, 5.74) is 1.52. The summed E-state index contributed by atoms with van der Waals surface area (Å²) in [7, 11) is 0. The number of rotatable bonds is 3. The van der Waals surface area contributed by atoms with Gasteiger partial charge in [0.2, 0.25) is 5.75 Å². The van der Waals surface area contributed by atoms with E-state index in [1.807, 2.05) is 0 Å². The lowest BCUT2D eigenvalue weighted by atomic mass is 10.2. The third-order valence-electron chi connectivity index (χ3n) is 2.03. The molecule has 0 bridgehead atoms. The van der Waals surface area contributed by atoms with Crippen molar-refractivity contribution in [1.29, 1.82) is 0 Å². The molecule has 0 unspecified atom stereocenters. The highest BCUT2D eigenvalue weighted by Gasteiger charge is 2.17. The average Bonchev–Trinajstić information content (AvgIpc) is 2.82. The van der Waals surface area contributed by atoms with Crippen molar-refractivity contribution in [2.45, 2.75) is 0 Å². The van der Waals surface area contributed by atoms with Gasteiger partial charge in [0.25, 0.3) is 0 Å². The highest BCUT2D eigenvalue weighted by molar-refractivity contribution is 9.10. The SMILES string of the molecule is O=[N+]([O-])c1cc(Br)cc(/C=N/c2cncs2)c1O. The van der Waals surface area contributed by atoms with E-state index < -0.39 is 10.7 Å². The molecule has 1 aromatic carbocycles. The molecule has 0 amide bonds. The largest absolute Gasteiger partial charge is 0.502 e. The molecule has 0 saturated heterocycles. The number of hydrogen-bond acceptors (Lipinski definition) is 6. The van der Waals surface area contributed by atoms with Gasteiger partial charge < -0.3 is 5.11 Å². The van der Waals surface area contributed by atoms with Gasteiger partial charge in [0.1, 0.15) is 5.00 Å². The number of nitro benzene ring substituents is 1. The van der Waals surface area contributed by atoms with E-state index in [0.29, 0.717) is 9.47 Å². The van der Waals surface area contributed by atoms with Crippen molar-refractivity contribution in [1.82, 2.24) is 4.98 Å². The number of nitro groups is 1. The number of aromatic nitrogens is 1. The zero-order valence-corrected chi connectivity index (χ0v) is 11.2. The maximum absolute atomic E-state index is 10.7. The van der Waals surface area contributed by atoms with Crippen LogP contribution in [0.3, 0.4) is 0 Å². The number of thiazole rings is 1. The zero-order valence-electron chi connectivity index (χ0n) is 8.78. The second-order valence-corrected chi connectivity index (χ2v) is 5.00. The van der Waals surface area contributed by atoms with E-state index >= 15 is 0 Å². The zero-order chi connectivity index (χ0) is 13.1. The minimum absolute atomic E-state index is 0.268. The van der Waals surface area contributed by atoms with Gasteiger partial charge in [-0.25, -0.2) is 4.99 Å². The molecule has 2 aromatic rings. The lowest BCUT2D eigenvalue weighted by Crippen LogP contribution is -1.92. The van der Waals surface area contributed by atoms with E-state index in [0.717, 1.165) is 0 Å². The van der Waals surface area contributed by atoms with Crippen molar-refractivity contribution in [3.05, 3.63) is 44.0 Å². The molecule has 0 saturated carbocycles. The van der Waals surface area contributed by atoms with Crippen molar-refractivity contribution in [3.8, 4) is 5.75 Å². The van der Waals surface area contributed by atoms with Crippen LogP contribution in [0.2, 0.25) is 0 Å². The summed E-state index contributed by atoms with van der Waals surface area (Å²) in [5, 5.41) is 21.1. The number of halogens is 1. The summed E-state index contributed by atoms with van der Waals surface area (Å²) in [6.45, 7) is 0. The minimum Gasteiger partial charge on any atom is -0.502 e. The fourth-order valence-corrected chi connectivity index (χ4v) is 2.18. The smallest absolute Gasteiger partial charge is 0.312 e. The van der Waals surface area contributed by atoms with Crippen LogP contribution in [0.5, 0.6) is 5.75 Å². The number of aliphatic imine (C=N–C) groups is 1. The van der Waals surface area contributed by atoms with Crippen LogP contribution >= 0.6 is 27.3 Å². The first-order chi connectivity index (χ1) is 8.58. The van der Waals surface area contributed by atoms with Crippen LogP contribution in [0.15, 0.2) is 33.3 Å². The van der Waals surface area contributed by atoms with Gasteiger partial charge in [-0.1, -0.05) is 15.9 Å². The maximum atomic E-state index is 10.7. The molecule has 6 nitrogen and oxygen atoms in total. The van der Waals surface area contributed by atoms with Gasteiger partial charge in [-0.3, -0.25) is 15.1 Å². The Morgan fingerprint density at radius 2 is 2.33 bits per heavy atom. The molecule has 1 N–H and O–H groups in total. The van der Waals surface area contributed by atoms with E-state index in [2.05, 4.69) is 25.9 Å². The second-order valence-electron chi connectivity index (χ2n) is 3.22. The second kappa shape index (κ2) is 5.23. The van der Waals surface area contributed by atoms with E-state index in [-0.39, 0.29) is 11.3 Å². The number of phenolic OH excluding ortho intramolecular Hbond substituents is 1. The van der Waals surface area contributed by atoms with Gasteiger partial charge in [-0.2, -0.15) is 0 Å². The molecule has 92 valence electrons. The molecule has 8 heteroatoms. The molecule has 0 radical (unpaired) electrons. The molecule has 2 rings (SSSR count). The molecule has 0 aliphatic carbocycles. The molecule has 1 heterocycles. The van der Waals surface area contributed by atoms with Gasteiger partial charge in [0.15, 0.2) is 0 Å². The maximum Gasteiger partial charge on any atom is 0.312 e. The number of hydrogen-bond donors (Lipinski definition) is 1. The molecule has 0 atom stereocenters. The van der Waals surface area contributed by atoms with Gasteiger partial charge in [0, 0.05) is 22.3 Å². The highest BCUT2D eigenvalue weighted by atomic mass is 79.9. The Bertz CT molecular complexity index is 613. The molecule has 18 heavy (non-hydrogen) atoms. The van der Waals surface area contributed by atoms with Crippen LogP contribution in [-0.2, 0) is 0 Å². The lowest BCUT2D eigenvalue weighted by Gasteiger charge is -2.01. The van der Waals surface area contributed by atoms with Gasteiger partial charge >= 0.3 is 5.69 Å². The summed E-state index contributed by atoms with van der Waals surface area (Å²) in [6.07, 6.45) is 2.92. The van der Waals surface area contributed by atoms with Crippen molar-refractivity contribution in [2.75, 3.05) is 0 Å². The van der Waals surface area contributed by atoms with Crippen LogP contribution in [0.4, 0.5) is 10.7 Å². The van der Waals surface area contributed by atoms with Crippen molar-refractivity contribution < 1.29 is 10.0 Å². The van der Waals surface area contributed by atoms with Gasteiger partial charge in [-0.05, 0) is 6.07 Å². The molecular weight excluding hydrogens is 322 g/mol. The summed E-state index contributed by atoms with van der Waals surface area (Å²) in [6, 6.07) is 2.78. The molecule has 0 spiro atoms. The van der Waals surface area contributed by atoms with E-state index in [1.54, 1.807) is 17.8 Å². The molecule has 1 aromatic heterocycles. The number of nitrogens with zero attached hydrogens (tertiary/aromatic N) is 3. The monoisotopic (exact) mass is 327 g/mol. The molecular formula is C10H6BrN3O3S. The Balaban J connectivity index is 2.42. The Kier molecular flexibility index (Phi) is 3.68. The van der Waals surface area contributed by atoms with Gasteiger partial charge in [0.05, 0.1) is 16.6 Å². The van der Waals surface area contributed by atoms with Crippen LogP contribution < -0.4 is 0 Å². The molecule has 0 aliphatic heterocycles. The van der Waals surface area contributed by atoms with Crippen LogP contribution in [0.1, 0.15) is 5.56 Å². The topological polar surface area (TPSA) is 88.6 Å². The van der Waals surface area contributed by atoms with Crippen molar-refractivity contribution in [2.24, 2.45) is 4.99 Å². The van der Waals surface area contributed by atoms with Crippen LogP contribution in [0, 0.1) is 10.1 Å². The summed E-state index contributed by atoms with van der Waals surface area (Å²) in [5.74, 6) is -0.406. The third kappa shape index (κ3) is 2.71. The van der Waals surface area contributed by atoms with Crippen molar-refractivity contribution >= 4 is 44.2 Å².